The number of rotatable bonds is 11. The number of carbonyl (C=O) groups is 1. The number of benzene rings is 1. The van der Waals surface area contributed by atoms with E-state index in [1.54, 1.807) is 0 Å². The van der Waals surface area contributed by atoms with Crippen molar-refractivity contribution in [3.05, 3.63) is 33.9 Å². The summed E-state index contributed by atoms with van der Waals surface area (Å²) in [6, 6.07) is 2.20. The summed E-state index contributed by atoms with van der Waals surface area (Å²) >= 11 is 0. The number of methoxy groups -OCH3 is 2. The molecular formula is C16H22F3N3O5. The molecule has 0 unspecified atom stereocenters. The topological polar surface area (TPSA) is 93.9 Å². The summed E-state index contributed by atoms with van der Waals surface area (Å²) in [4.78, 5) is 23.9. The van der Waals surface area contributed by atoms with Crippen molar-refractivity contribution in [1.29, 1.82) is 0 Å². The highest BCUT2D eigenvalue weighted by atomic mass is 19.4. The van der Waals surface area contributed by atoms with E-state index in [9.17, 15) is 28.1 Å². The van der Waals surface area contributed by atoms with Crippen molar-refractivity contribution in [3.63, 3.8) is 0 Å². The smallest absolute Gasteiger partial charge is 0.383 e. The molecule has 0 fully saturated rings. The number of halogens is 3. The minimum absolute atomic E-state index is 0.00556. The third-order valence-corrected chi connectivity index (χ3v) is 3.66. The quantitative estimate of drug-likeness (QED) is 0.459. The summed E-state index contributed by atoms with van der Waals surface area (Å²) in [5.41, 5.74) is -1.89. The van der Waals surface area contributed by atoms with Crippen LogP contribution in [0.5, 0.6) is 0 Å². The van der Waals surface area contributed by atoms with Crippen molar-refractivity contribution in [3.8, 4) is 0 Å². The molecule has 0 spiro atoms. The van der Waals surface area contributed by atoms with Crippen LogP contribution in [0.15, 0.2) is 18.2 Å². The second-order valence-electron chi connectivity index (χ2n) is 5.53. The first-order valence-electron chi connectivity index (χ1n) is 8.05. The molecule has 1 aromatic rings. The summed E-state index contributed by atoms with van der Waals surface area (Å²) in [5.74, 6) is -0.230. The fourth-order valence-corrected chi connectivity index (χ4v) is 2.23. The number of hydrogen-bond acceptors (Lipinski definition) is 6. The van der Waals surface area contributed by atoms with Crippen molar-refractivity contribution < 1.29 is 32.4 Å². The highest BCUT2D eigenvalue weighted by Gasteiger charge is 2.33. The summed E-state index contributed by atoms with van der Waals surface area (Å²) < 4.78 is 48.0. The van der Waals surface area contributed by atoms with E-state index in [1.807, 2.05) is 0 Å². The fraction of sp³-hybridized carbons (Fsp3) is 0.562. The molecule has 1 aromatic carbocycles. The average Bonchev–Trinajstić information content (AvgIpc) is 2.60. The van der Waals surface area contributed by atoms with E-state index in [1.165, 1.54) is 19.1 Å². The normalized spacial score (nSPS) is 11.3. The Morgan fingerprint density at radius 1 is 1.22 bits per heavy atom. The molecule has 0 bridgehead atoms. The van der Waals surface area contributed by atoms with Gasteiger partial charge in [-0.05, 0) is 12.1 Å². The first-order chi connectivity index (χ1) is 12.7. The predicted molar refractivity (Wildman–Crippen MR) is 91.5 cm³/mol. The van der Waals surface area contributed by atoms with E-state index in [0.717, 1.165) is 12.1 Å². The fourth-order valence-electron chi connectivity index (χ4n) is 2.23. The number of amides is 1. The Bertz CT molecular complexity index is 632. The molecular weight excluding hydrogens is 371 g/mol. The van der Waals surface area contributed by atoms with Gasteiger partial charge in [-0.15, -0.1) is 0 Å². The summed E-state index contributed by atoms with van der Waals surface area (Å²) in [7, 11) is 3.01. The van der Waals surface area contributed by atoms with Crippen LogP contribution < -0.4 is 5.32 Å². The molecule has 0 atom stereocenters. The van der Waals surface area contributed by atoms with Gasteiger partial charge in [0.05, 0.1) is 23.7 Å². The van der Waals surface area contributed by atoms with Gasteiger partial charge in [-0.2, -0.15) is 13.2 Å². The van der Waals surface area contributed by atoms with Gasteiger partial charge in [0, 0.05) is 46.3 Å². The predicted octanol–water partition coefficient (Wildman–Crippen LogP) is 2.54. The molecule has 0 heterocycles. The zero-order valence-corrected chi connectivity index (χ0v) is 15.0. The Kier molecular flexibility index (Phi) is 8.95. The Morgan fingerprint density at radius 2 is 1.81 bits per heavy atom. The van der Waals surface area contributed by atoms with Crippen LogP contribution in [0.2, 0.25) is 0 Å². The number of hydrogen-bond donors (Lipinski definition) is 1. The summed E-state index contributed by atoms with van der Waals surface area (Å²) in [6.07, 6.45) is -4.67. The zero-order chi connectivity index (χ0) is 20.4. The van der Waals surface area contributed by atoms with Crippen LogP contribution >= 0.6 is 0 Å². The van der Waals surface area contributed by atoms with Crippen LogP contribution in [0.3, 0.4) is 0 Å². The van der Waals surface area contributed by atoms with Crippen molar-refractivity contribution >= 4 is 17.3 Å². The molecule has 0 radical (unpaired) electrons. The molecule has 152 valence electrons. The van der Waals surface area contributed by atoms with E-state index in [0.29, 0.717) is 32.4 Å². The molecule has 0 saturated heterocycles. The lowest BCUT2D eigenvalue weighted by molar-refractivity contribution is -0.384. The maximum Gasteiger partial charge on any atom is 0.416 e. The molecule has 11 heteroatoms. The van der Waals surface area contributed by atoms with Crippen LogP contribution in [0.1, 0.15) is 12.0 Å². The molecule has 1 N–H and O–H groups in total. The molecule has 27 heavy (non-hydrogen) atoms. The van der Waals surface area contributed by atoms with Gasteiger partial charge in [0.1, 0.15) is 5.69 Å². The van der Waals surface area contributed by atoms with Gasteiger partial charge < -0.3 is 19.7 Å². The number of nitro benzene ring substituents is 1. The van der Waals surface area contributed by atoms with Gasteiger partial charge in [-0.3, -0.25) is 14.9 Å². The van der Waals surface area contributed by atoms with E-state index in [2.05, 4.69) is 5.32 Å². The number of carbonyl (C=O) groups excluding carboxylic acids is 1. The lowest BCUT2D eigenvalue weighted by atomic mass is 10.1. The lowest BCUT2D eigenvalue weighted by Gasteiger charge is -2.22. The average molecular weight is 393 g/mol. The Labute approximate surface area is 154 Å². The minimum atomic E-state index is -4.68. The van der Waals surface area contributed by atoms with Crippen LogP contribution in [-0.4, -0.2) is 62.8 Å². The number of nitro groups is 1. The molecule has 1 amide bonds. The molecule has 0 saturated carbocycles. The lowest BCUT2D eigenvalue weighted by Crippen LogP contribution is -2.37. The Morgan fingerprint density at radius 3 is 2.30 bits per heavy atom. The first-order valence-corrected chi connectivity index (χ1v) is 8.05. The third-order valence-electron chi connectivity index (χ3n) is 3.66. The second-order valence-corrected chi connectivity index (χ2v) is 5.53. The molecule has 0 aliphatic heterocycles. The number of ether oxygens (including phenoxy) is 2. The van der Waals surface area contributed by atoms with E-state index in [4.69, 9.17) is 9.47 Å². The van der Waals surface area contributed by atoms with E-state index < -0.39 is 22.4 Å². The molecule has 8 nitrogen and oxygen atoms in total. The van der Waals surface area contributed by atoms with Gasteiger partial charge >= 0.3 is 6.18 Å². The molecule has 1 rings (SSSR count). The van der Waals surface area contributed by atoms with Crippen LogP contribution in [0.25, 0.3) is 0 Å². The largest absolute Gasteiger partial charge is 0.416 e. The monoisotopic (exact) mass is 393 g/mol. The van der Waals surface area contributed by atoms with Crippen molar-refractivity contribution in [2.24, 2.45) is 0 Å². The maximum atomic E-state index is 12.7. The highest BCUT2D eigenvalue weighted by molar-refractivity contribution is 5.77. The van der Waals surface area contributed by atoms with Gasteiger partial charge in [0.2, 0.25) is 5.91 Å². The van der Waals surface area contributed by atoms with Gasteiger partial charge in [-0.1, -0.05) is 0 Å². The van der Waals surface area contributed by atoms with E-state index >= 15 is 0 Å². The number of nitrogens with one attached hydrogen (secondary N) is 1. The second kappa shape index (κ2) is 10.7. The SMILES string of the molecule is COCCN(CCOC)C(=O)CCNc1ccc(C(F)(F)F)cc1[N+](=O)[O-]. The number of anilines is 1. The van der Waals surface area contributed by atoms with Gasteiger partial charge in [0.25, 0.3) is 5.69 Å². The molecule has 0 aliphatic carbocycles. The molecule has 0 aliphatic rings. The summed E-state index contributed by atoms with van der Waals surface area (Å²) in [5, 5.41) is 13.7. The number of alkyl halides is 3. The first kappa shape index (κ1) is 22.6. The van der Waals surface area contributed by atoms with Gasteiger partial charge in [-0.25, -0.2) is 0 Å². The molecule has 0 aromatic heterocycles. The zero-order valence-electron chi connectivity index (χ0n) is 15.0. The van der Waals surface area contributed by atoms with Crippen LogP contribution in [-0.2, 0) is 20.4 Å². The van der Waals surface area contributed by atoms with Crippen LogP contribution in [0, 0.1) is 10.1 Å². The van der Waals surface area contributed by atoms with Crippen molar-refractivity contribution in [2.75, 3.05) is 52.4 Å². The Balaban J connectivity index is 2.73. The maximum absolute atomic E-state index is 12.7. The Hall–Kier alpha value is -2.40. The van der Waals surface area contributed by atoms with Crippen LogP contribution in [0.4, 0.5) is 24.5 Å². The number of nitrogens with zero attached hydrogens (tertiary/aromatic N) is 2. The standard InChI is InChI=1S/C16H22F3N3O5/c1-26-9-7-21(8-10-27-2)15(23)5-6-20-13-4-3-12(16(17,18)19)11-14(13)22(24)25/h3-4,11,20H,5-10H2,1-2H3. The van der Waals surface area contributed by atoms with Crippen molar-refractivity contribution in [1.82, 2.24) is 4.90 Å². The summed E-state index contributed by atoms with van der Waals surface area (Å²) in [6.45, 7) is 1.43. The van der Waals surface area contributed by atoms with Crippen molar-refractivity contribution in [2.45, 2.75) is 12.6 Å². The van der Waals surface area contributed by atoms with Gasteiger partial charge in [0.15, 0.2) is 0 Å². The third kappa shape index (κ3) is 7.39. The van der Waals surface area contributed by atoms with E-state index in [-0.39, 0.29) is 24.6 Å². The minimum Gasteiger partial charge on any atom is -0.383 e. The highest BCUT2D eigenvalue weighted by Crippen LogP contribution is 2.34.